The second-order valence-corrected chi connectivity index (χ2v) is 10.7. The standard InChI is InChI=1S/C26H21NO3P/c28-26(21-16-18-22(19-17-21)27(29)30)20-31(23-10-4-1-5-11-23,24-12-6-2-7-13-24)25-14-8-3-9-15-25/h1-19H,20H2/q+1. The Kier molecular flexibility index (Phi) is 6.01. The van der Waals surface area contributed by atoms with Crippen molar-refractivity contribution in [3.05, 3.63) is 131 Å². The molecule has 5 heteroatoms. The first kappa shape index (κ1) is 20.6. The lowest BCUT2D eigenvalue weighted by Gasteiger charge is -2.27. The van der Waals surface area contributed by atoms with E-state index in [-0.39, 0.29) is 11.5 Å². The highest BCUT2D eigenvalue weighted by molar-refractivity contribution is 7.96. The molecule has 4 nitrogen and oxygen atoms in total. The van der Waals surface area contributed by atoms with Gasteiger partial charge < -0.3 is 0 Å². The predicted molar refractivity (Wildman–Crippen MR) is 127 cm³/mol. The zero-order chi connectivity index (χ0) is 21.7. The van der Waals surface area contributed by atoms with E-state index < -0.39 is 12.2 Å². The molecule has 0 atom stereocenters. The molecular weight excluding hydrogens is 405 g/mol. The van der Waals surface area contributed by atoms with Gasteiger partial charge in [-0.3, -0.25) is 14.9 Å². The van der Waals surface area contributed by atoms with Gasteiger partial charge in [-0.25, -0.2) is 0 Å². The Morgan fingerprint density at radius 3 is 1.39 bits per heavy atom. The quantitative estimate of drug-likeness (QED) is 0.185. The van der Waals surface area contributed by atoms with Crippen LogP contribution in [0.2, 0.25) is 0 Å². The average molecular weight is 426 g/mol. The Bertz CT molecular complexity index is 1080. The Morgan fingerprint density at radius 1 is 0.645 bits per heavy atom. The fraction of sp³-hybridized carbons (Fsp3) is 0.0385. The number of ketones is 1. The third kappa shape index (κ3) is 4.16. The number of hydrogen-bond acceptors (Lipinski definition) is 3. The number of hydrogen-bond donors (Lipinski definition) is 0. The molecule has 4 aromatic carbocycles. The minimum absolute atomic E-state index is 0.0215. The molecule has 0 aliphatic heterocycles. The van der Waals surface area contributed by atoms with Gasteiger partial charge >= 0.3 is 0 Å². The molecule has 0 bridgehead atoms. The topological polar surface area (TPSA) is 60.2 Å². The van der Waals surface area contributed by atoms with Crippen LogP contribution in [-0.2, 0) is 0 Å². The van der Waals surface area contributed by atoms with E-state index in [9.17, 15) is 14.9 Å². The first-order chi connectivity index (χ1) is 15.1. The summed E-state index contributed by atoms with van der Waals surface area (Å²) in [6.07, 6.45) is 0.308. The van der Waals surface area contributed by atoms with Crippen LogP contribution in [0.25, 0.3) is 0 Å². The van der Waals surface area contributed by atoms with Crippen LogP contribution in [0.5, 0.6) is 0 Å². The maximum atomic E-state index is 13.5. The number of benzene rings is 4. The van der Waals surface area contributed by atoms with E-state index in [1.807, 2.05) is 54.6 Å². The molecule has 0 heterocycles. The highest BCUT2D eigenvalue weighted by Gasteiger charge is 2.47. The van der Waals surface area contributed by atoms with E-state index >= 15 is 0 Å². The van der Waals surface area contributed by atoms with Crippen LogP contribution in [-0.4, -0.2) is 16.9 Å². The zero-order valence-electron chi connectivity index (χ0n) is 16.8. The Balaban J connectivity index is 1.88. The van der Waals surface area contributed by atoms with E-state index in [0.29, 0.717) is 11.7 Å². The fourth-order valence-electron chi connectivity index (χ4n) is 3.84. The fourth-order valence-corrected chi connectivity index (χ4v) is 7.94. The summed E-state index contributed by atoms with van der Waals surface area (Å²) < 4.78 is 0. The Hall–Kier alpha value is -3.62. The predicted octanol–water partition coefficient (Wildman–Crippen LogP) is 4.77. The molecule has 0 aromatic heterocycles. The zero-order valence-corrected chi connectivity index (χ0v) is 17.7. The summed E-state index contributed by atoms with van der Waals surface area (Å²) in [5.74, 6) is -0.0280. The van der Waals surface area contributed by atoms with Crippen LogP contribution >= 0.6 is 7.26 Å². The van der Waals surface area contributed by atoms with Gasteiger partial charge in [0.15, 0.2) is 0 Å². The number of carbonyl (C=O) groups is 1. The van der Waals surface area contributed by atoms with Gasteiger partial charge in [-0.2, -0.15) is 0 Å². The first-order valence-corrected chi connectivity index (χ1v) is 11.9. The van der Waals surface area contributed by atoms with Crippen molar-refractivity contribution in [1.82, 2.24) is 0 Å². The maximum absolute atomic E-state index is 13.5. The van der Waals surface area contributed by atoms with Crippen molar-refractivity contribution in [2.75, 3.05) is 6.16 Å². The van der Waals surface area contributed by atoms with E-state index in [1.54, 1.807) is 12.1 Å². The average Bonchev–Trinajstić information content (AvgIpc) is 2.84. The normalized spacial score (nSPS) is 11.1. The van der Waals surface area contributed by atoms with Gasteiger partial charge in [-0.05, 0) is 48.5 Å². The molecule has 0 aliphatic rings. The van der Waals surface area contributed by atoms with Crippen LogP contribution < -0.4 is 15.9 Å². The van der Waals surface area contributed by atoms with Crippen LogP contribution in [0.4, 0.5) is 5.69 Å². The molecule has 0 saturated carbocycles. The molecule has 0 aliphatic carbocycles. The largest absolute Gasteiger partial charge is 0.290 e. The van der Waals surface area contributed by atoms with Gasteiger partial charge in [-0.15, -0.1) is 0 Å². The number of Topliss-reactive ketones (excluding diaryl/α,β-unsaturated/α-hetero) is 1. The number of non-ortho nitro benzene ring substituents is 1. The van der Waals surface area contributed by atoms with Gasteiger partial charge in [-0.1, -0.05) is 54.6 Å². The van der Waals surface area contributed by atoms with E-state index in [2.05, 4.69) is 36.4 Å². The van der Waals surface area contributed by atoms with Crippen LogP contribution in [0.3, 0.4) is 0 Å². The molecule has 0 saturated heterocycles. The maximum Gasteiger partial charge on any atom is 0.269 e. The Labute approximate surface area is 181 Å². The first-order valence-electron chi connectivity index (χ1n) is 9.94. The van der Waals surface area contributed by atoms with Crippen molar-refractivity contribution in [2.24, 2.45) is 0 Å². The number of carbonyl (C=O) groups excluding carboxylic acids is 1. The molecular formula is C26H21NO3P+. The summed E-state index contributed by atoms with van der Waals surface area (Å²) in [5.41, 5.74) is 0.463. The summed E-state index contributed by atoms with van der Waals surface area (Å²) in [5, 5.41) is 14.4. The molecule has 0 spiro atoms. The second kappa shape index (κ2) is 9.03. The molecule has 0 amide bonds. The number of rotatable bonds is 7. The summed E-state index contributed by atoms with van der Waals surface area (Å²) in [7, 11) is -2.29. The van der Waals surface area contributed by atoms with Crippen molar-refractivity contribution < 1.29 is 9.72 Å². The minimum atomic E-state index is -2.29. The number of nitrogens with zero attached hydrogens (tertiary/aromatic N) is 1. The molecule has 0 unspecified atom stereocenters. The third-order valence-corrected chi connectivity index (χ3v) is 9.67. The van der Waals surface area contributed by atoms with Crippen molar-refractivity contribution in [2.45, 2.75) is 0 Å². The van der Waals surface area contributed by atoms with E-state index in [0.717, 1.165) is 15.9 Å². The molecule has 0 fully saturated rings. The summed E-state index contributed by atoms with van der Waals surface area (Å²) >= 11 is 0. The summed E-state index contributed by atoms with van der Waals surface area (Å²) in [4.78, 5) is 24.1. The SMILES string of the molecule is O=C(C[P+](c1ccccc1)(c1ccccc1)c1ccccc1)c1ccc([N+](=O)[O-])cc1. The highest BCUT2D eigenvalue weighted by Crippen LogP contribution is 2.55. The van der Waals surface area contributed by atoms with Crippen molar-refractivity contribution >= 4 is 34.6 Å². The molecule has 0 radical (unpaired) electrons. The van der Waals surface area contributed by atoms with Crippen LogP contribution in [0.15, 0.2) is 115 Å². The van der Waals surface area contributed by atoms with Crippen molar-refractivity contribution in [1.29, 1.82) is 0 Å². The monoisotopic (exact) mass is 426 g/mol. The Morgan fingerprint density at radius 2 is 1.03 bits per heavy atom. The molecule has 4 rings (SSSR count). The van der Waals surface area contributed by atoms with Gasteiger partial charge in [0.1, 0.15) is 29.3 Å². The third-order valence-electron chi connectivity index (χ3n) is 5.37. The number of nitro benzene ring substituents is 1. The van der Waals surface area contributed by atoms with E-state index in [1.165, 1.54) is 12.1 Å². The van der Waals surface area contributed by atoms with Gasteiger partial charge in [0.25, 0.3) is 5.69 Å². The summed E-state index contributed by atoms with van der Waals surface area (Å²) in [6, 6.07) is 36.4. The van der Waals surface area contributed by atoms with Gasteiger partial charge in [0.2, 0.25) is 5.78 Å². The van der Waals surface area contributed by atoms with Gasteiger partial charge in [0, 0.05) is 17.7 Å². The van der Waals surface area contributed by atoms with Crippen LogP contribution in [0.1, 0.15) is 10.4 Å². The lowest BCUT2D eigenvalue weighted by Crippen LogP contribution is -2.35. The number of nitro groups is 1. The van der Waals surface area contributed by atoms with Gasteiger partial charge in [0.05, 0.1) is 4.92 Å². The lowest BCUT2D eigenvalue weighted by molar-refractivity contribution is -0.384. The molecule has 0 N–H and O–H groups in total. The highest BCUT2D eigenvalue weighted by atomic mass is 31.2. The molecule has 31 heavy (non-hydrogen) atoms. The van der Waals surface area contributed by atoms with E-state index in [4.69, 9.17) is 0 Å². The smallest absolute Gasteiger partial charge is 0.269 e. The molecule has 152 valence electrons. The second-order valence-electron chi connectivity index (χ2n) is 7.20. The van der Waals surface area contributed by atoms with Crippen molar-refractivity contribution in [3.63, 3.8) is 0 Å². The lowest BCUT2D eigenvalue weighted by atomic mass is 10.1. The van der Waals surface area contributed by atoms with Crippen LogP contribution in [0, 0.1) is 10.1 Å². The minimum Gasteiger partial charge on any atom is -0.290 e. The summed E-state index contributed by atoms with van der Waals surface area (Å²) in [6.45, 7) is 0. The van der Waals surface area contributed by atoms with Crippen molar-refractivity contribution in [3.8, 4) is 0 Å². The molecule has 4 aromatic rings.